The standard InChI is InChI=1S/C10H16N2O8.K.Mn.H/c13-7(14)3-11(4-8(15)16)1-2-12(5-9(17)18)6-10(19)20;;;/h1-6H2,(H,13,14)(H,15,16)(H,17,18)(H,19,20);;;/q;+1;;-1. The number of carboxylic acid groups (broad SMARTS) is 4. The molecule has 0 aromatic carbocycles. The molecule has 0 fully saturated rings. The van der Waals surface area contributed by atoms with Gasteiger partial charge in [0.05, 0.1) is 26.2 Å². The first kappa shape index (κ1) is 26.8. The van der Waals surface area contributed by atoms with E-state index in [1.54, 1.807) is 0 Å². The van der Waals surface area contributed by atoms with Gasteiger partial charge in [0.25, 0.3) is 0 Å². The molecule has 22 heavy (non-hydrogen) atoms. The number of aliphatic carboxylic acids is 4. The molecule has 0 amide bonds. The van der Waals surface area contributed by atoms with Crippen LogP contribution >= 0.6 is 0 Å². The van der Waals surface area contributed by atoms with Crippen molar-refractivity contribution in [3.8, 4) is 0 Å². The van der Waals surface area contributed by atoms with E-state index >= 15 is 0 Å². The van der Waals surface area contributed by atoms with Gasteiger partial charge in [-0.15, -0.1) is 0 Å². The van der Waals surface area contributed by atoms with Crippen LogP contribution in [0.5, 0.6) is 0 Å². The van der Waals surface area contributed by atoms with E-state index in [4.69, 9.17) is 20.4 Å². The van der Waals surface area contributed by atoms with Gasteiger partial charge in [0.2, 0.25) is 0 Å². The van der Waals surface area contributed by atoms with E-state index in [1.807, 2.05) is 0 Å². The second-order valence-corrected chi connectivity index (χ2v) is 4.00. The van der Waals surface area contributed by atoms with Gasteiger partial charge in [-0.3, -0.25) is 29.0 Å². The topological polar surface area (TPSA) is 156 Å². The van der Waals surface area contributed by atoms with Gasteiger partial charge < -0.3 is 21.9 Å². The monoisotopic (exact) mass is 387 g/mol. The third kappa shape index (κ3) is 16.3. The van der Waals surface area contributed by atoms with Gasteiger partial charge in [-0.25, -0.2) is 0 Å². The normalized spacial score (nSPS) is 9.73. The van der Waals surface area contributed by atoms with Crippen LogP contribution < -0.4 is 51.4 Å². The minimum absolute atomic E-state index is 0. The molecule has 0 spiro atoms. The van der Waals surface area contributed by atoms with Crippen LogP contribution in [0.4, 0.5) is 0 Å². The molecule has 0 aliphatic carbocycles. The molecule has 0 aliphatic heterocycles. The summed E-state index contributed by atoms with van der Waals surface area (Å²) in [5.74, 6) is -4.91. The van der Waals surface area contributed by atoms with E-state index in [1.165, 1.54) is 0 Å². The Morgan fingerprint density at radius 1 is 0.636 bits per heavy atom. The molecule has 0 atom stereocenters. The Kier molecular flexibility index (Phi) is 17.7. The number of hydrogen-bond donors (Lipinski definition) is 4. The minimum Gasteiger partial charge on any atom is -1.00 e. The summed E-state index contributed by atoms with van der Waals surface area (Å²) >= 11 is 0. The average molecular weight is 387 g/mol. The van der Waals surface area contributed by atoms with Gasteiger partial charge in [0.15, 0.2) is 0 Å². The predicted molar refractivity (Wildman–Crippen MR) is 64.5 cm³/mol. The molecule has 4 N–H and O–H groups in total. The number of rotatable bonds is 11. The molecule has 0 bridgehead atoms. The van der Waals surface area contributed by atoms with Crippen molar-refractivity contribution in [2.45, 2.75) is 0 Å². The summed E-state index contributed by atoms with van der Waals surface area (Å²) in [6.45, 7) is -2.25. The van der Waals surface area contributed by atoms with Crippen LogP contribution in [0.1, 0.15) is 1.43 Å². The maximum absolute atomic E-state index is 10.6. The summed E-state index contributed by atoms with van der Waals surface area (Å²) in [6, 6.07) is 0. The smallest absolute Gasteiger partial charge is 1.00 e. The van der Waals surface area contributed by atoms with Gasteiger partial charge in [0, 0.05) is 30.2 Å². The Hall–Kier alpha value is -0.0442. The number of carboxylic acids is 4. The third-order valence-electron chi connectivity index (χ3n) is 2.17. The molecule has 0 unspecified atom stereocenters. The zero-order valence-electron chi connectivity index (χ0n) is 12.9. The van der Waals surface area contributed by atoms with Crippen LogP contribution in [-0.4, -0.2) is 93.4 Å². The van der Waals surface area contributed by atoms with Crippen molar-refractivity contribution in [1.29, 1.82) is 0 Å². The summed E-state index contributed by atoms with van der Waals surface area (Å²) in [4.78, 5) is 44.4. The summed E-state index contributed by atoms with van der Waals surface area (Å²) in [5.41, 5.74) is 0. The van der Waals surface area contributed by atoms with Crippen molar-refractivity contribution >= 4 is 23.9 Å². The Labute approximate surface area is 180 Å². The van der Waals surface area contributed by atoms with Gasteiger partial charge >= 0.3 is 75.3 Å². The van der Waals surface area contributed by atoms with Gasteiger partial charge in [-0.05, 0) is 0 Å². The van der Waals surface area contributed by atoms with E-state index < -0.39 is 50.1 Å². The van der Waals surface area contributed by atoms with E-state index in [2.05, 4.69) is 0 Å². The van der Waals surface area contributed by atoms with Crippen molar-refractivity contribution in [2.75, 3.05) is 39.3 Å². The molecule has 123 valence electrons. The van der Waals surface area contributed by atoms with Crippen molar-refractivity contribution in [2.24, 2.45) is 0 Å². The summed E-state index contributed by atoms with van der Waals surface area (Å²) in [7, 11) is 0. The Morgan fingerprint density at radius 2 is 0.818 bits per heavy atom. The predicted octanol–water partition coefficient (Wildman–Crippen LogP) is -4.96. The zero-order chi connectivity index (χ0) is 15.7. The van der Waals surface area contributed by atoms with Crippen LogP contribution in [0.25, 0.3) is 0 Å². The van der Waals surface area contributed by atoms with Gasteiger partial charge in [-0.2, -0.15) is 0 Å². The molecule has 1 radical (unpaired) electrons. The summed E-state index contributed by atoms with van der Waals surface area (Å²) in [5, 5.41) is 34.5. The average Bonchev–Trinajstić information content (AvgIpc) is 2.22. The van der Waals surface area contributed by atoms with Crippen molar-refractivity contribution in [1.82, 2.24) is 9.80 Å². The maximum atomic E-state index is 10.6. The molecular weight excluding hydrogens is 370 g/mol. The molecule has 0 aromatic rings. The van der Waals surface area contributed by atoms with Crippen LogP contribution in [0.3, 0.4) is 0 Å². The molecule has 0 aliphatic rings. The van der Waals surface area contributed by atoms with Crippen LogP contribution in [0, 0.1) is 0 Å². The Morgan fingerprint density at radius 3 is 0.955 bits per heavy atom. The van der Waals surface area contributed by atoms with Crippen molar-refractivity contribution in [3.63, 3.8) is 0 Å². The largest absolute Gasteiger partial charge is 1.00 e. The fourth-order valence-electron chi connectivity index (χ4n) is 1.48. The van der Waals surface area contributed by atoms with Gasteiger partial charge in [0.1, 0.15) is 0 Å². The quantitative estimate of drug-likeness (QED) is 0.253. The fourth-order valence-corrected chi connectivity index (χ4v) is 1.48. The number of hydrogen-bond acceptors (Lipinski definition) is 6. The Balaban J connectivity index is -0.000000602. The minimum atomic E-state index is -1.23. The molecule has 0 saturated heterocycles. The third-order valence-corrected chi connectivity index (χ3v) is 2.17. The van der Waals surface area contributed by atoms with Crippen LogP contribution in [-0.2, 0) is 36.2 Å². The first-order valence-corrected chi connectivity index (χ1v) is 5.52. The van der Waals surface area contributed by atoms with E-state index in [9.17, 15) is 19.2 Å². The molecule has 0 saturated carbocycles. The van der Waals surface area contributed by atoms with Crippen molar-refractivity contribution in [3.05, 3.63) is 0 Å². The van der Waals surface area contributed by atoms with E-state index in [0.717, 1.165) is 9.80 Å². The van der Waals surface area contributed by atoms with Crippen LogP contribution in [0.15, 0.2) is 0 Å². The molecule has 10 nitrogen and oxygen atoms in total. The Bertz CT molecular complexity index is 333. The van der Waals surface area contributed by atoms with Gasteiger partial charge in [-0.1, -0.05) is 0 Å². The molecule has 0 aromatic heterocycles. The SMILES string of the molecule is O=C(O)CN(CCN(CC(=O)O)CC(=O)O)CC(=O)O.[H-].[K+].[Mn]. The molecular formula is C10H17KMnN2O8. The first-order valence-electron chi connectivity index (χ1n) is 5.52. The van der Waals surface area contributed by atoms with Crippen LogP contribution in [0.2, 0.25) is 0 Å². The zero-order valence-corrected chi connectivity index (χ0v) is 16.2. The summed E-state index contributed by atoms with van der Waals surface area (Å²) in [6.07, 6.45) is 0. The number of nitrogens with zero attached hydrogens (tertiary/aromatic N) is 2. The van der Waals surface area contributed by atoms with E-state index in [-0.39, 0.29) is 83.0 Å². The fraction of sp³-hybridized carbons (Fsp3) is 0.600. The second kappa shape index (κ2) is 14.5. The van der Waals surface area contributed by atoms with E-state index in [0.29, 0.717) is 0 Å². The number of carbonyl (C=O) groups is 4. The summed E-state index contributed by atoms with van der Waals surface area (Å²) < 4.78 is 0. The first-order chi connectivity index (χ1) is 9.20. The molecule has 0 rings (SSSR count). The maximum Gasteiger partial charge on any atom is 1.00 e. The second-order valence-electron chi connectivity index (χ2n) is 4.00. The molecule has 12 heteroatoms. The van der Waals surface area contributed by atoms with Crippen molar-refractivity contribution < 1.29 is 109 Å². The molecule has 0 heterocycles.